The number of anilines is 1. The van der Waals surface area contributed by atoms with Crippen molar-refractivity contribution in [3.63, 3.8) is 0 Å². The van der Waals surface area contributed by atoms with Crippen molar-refractivity contribution in [1.82, 2.24) is 0 Å². The van der Waals surface area contributed by atoms with Crippen molar-refractivity contribution in [1.29, 1.82) is 0 Å². The molecule has 0 radical (unpaired) electrons. The molecule has 2 aromatic rings. The van der Waals surface area contributed by atoms with Crippen molar-refractivity contribution >= 4 is 28.8 Å². The van der Waals surface area contributed by atoms with Gasteiger partial charge in [0.2, 0.25) is 0 Å². The first-order valence-electron chi connectivity index (χ1n) is 5.26. The topological polar surface area (TPSA) is 26.0 Å². The third-order valence-corrected chi connectivity index (χ3v) is 4.22. The van der Waals surface area contributed by atoms with Gasteiger partial charge in [0.05, 0.1) is 0 Å². The smallest absolute Gasteiger partial charge is 0.0454 e. The average molecular weight is 249 g/mol. The van der Waals surface area contributed by atoms with Crippen LogP contribution in [0, 0.1) is 6.92 Å². The van der Waals surface area contributed by atoms with Crippen molar-refractivity contribution < 1.29 is 0 Å². The summed E-state index contributed by atoms with van der Waals surface area (Å²) in [5.41, 5.74) is 9.50. The van der Waals surface area contributed by atoms with E-state index in [-0.39, 0.29) is 0 Å². The van der Waals surface area contributed by atoms with Crippen LogP contribution in [0.4, 0.5) is 5.69 Å². The van der Waals surface area contributed by atoms with Gasteiger partial charge in [0.15, 0.2) is 0 Å². The molecule has 1 nitrogen and oxygen atoms in total. The molecule has 0 aliphatic rings. The molecule has 0 saturated heterocycles. The molecule has 0 bridgehead atoms. The van der Waals surface area contributed by atoms with Gasteiger partial charge in [-0.25, -0.2) is 0 Å². The Morgan fingerprint density at radius 3 is 2.88 bits per heavy atom. The van der Waals surface area contributed by atoms with Crippen LogP contribution in [0.3, 0.4) is 0 Å². The molecule has 84 valence electrons. The highest BCUT2D eigenvalue weighted by Gasteiger charge is 2.00. The fraction of sp³-hybridized carbons (Fsp3) is 0.231. The van der Waals surface area contributed by atoms with E-state index in [2.05, 4.69) is 35.9 Å². The van der Waals surface area contributed by atoms with Gasteiger partial charge < -0.3 is 5.73 Å². The second-order valence-corrected chi connectivity index (χ2v) is 5.69. The predicted octanol–water partition coefficient (Wildman–Crippen LogP) is 3.97. The zero-order valence-electron chi connectivity index (χ0n) is 9.27. The molecular formula is C13H15NS2. The highest BCUT2D eigenvalue weighted by molar-refractivity contribution is 7.99. The van der Waals surface area contributed by atoms with Crippen molar-refractivity contribution in [3.05, 3.63) is 46.2 Å². The molecule has 1 heterocycles. The molecule has 0 aliphatic heterocycles. The normalized spacial score (nSPS) is 10.6. The summed E-state index contributed by atoms with van der Waals surface area (Å²) < 4.78 is 0. The first kappa shape index (κ1) is 11.6. The van der Waals surface area contributed by atoms with Crippen LogP contribution in [0.1, 0.15) is 11.1 Å². The number of benzene rings is 1. The van der Waals surface area contributed by atoms with Crippen LogP contribution < -0.4 is 5.73 Å². The van der Waals surface area contributed by atoms with Crippen LogP contribution in [-0.2, 0) is 6.42 Å². The summed E-state index contributed by atoms with van der Waals surface area (Å²) in [7, 11) is 0. The van der Waals surface area contributed by atoms with E-state index < -0.39 is 0 Å². The van der Waals surface area contributed by atoms with E-state index in [1.807, 2.05) is 17.8 Å². The summed E-state index contributed by atoms with van der Waals surface area (Å²) in [6.45, 7) is 2.07. The zero-order valence-corrected chi connectivity index (χ0v) is 10.9. The first-order chi connectivity index (χ1) is 7.75. The number of thiophene rings is 1. The van der Waals surface area contributed by atoms with Crippen LogP contribution in [0.2, 0.25) is 0 Å². The minimum Gasteiger partial charge on any atom is -0.398 e. The highest BCUT2D eigenvalue weighted by Crippen LogP contribution is 2.26. The number of nitrogen functional groups attached to an aromatic ring is 1. The standard InChI is InChI=1S/C13H15NS2/c1-10-2-3-13(12(14)8-10)16-7-5-11-4-6-15-9-11/h2-4,6,8-9H,5,7,14H2,1H3. The lowest BCUT2D eigenvalue weighted by molar-refractivity contribution is 1.17. The number of aryl methyl sites for hydroxylation is 2. The molecule has 3 heteroatoms. The molecule has 0 saturated carbocycles. The minimum atomic E-state index is 0.898. The second kappa shape index (κ2) is 5.41. The van der Waals surface area contributed by atoms with E-state index in [4.69, 9.17) is 5.73 Å². The SMILES string of the molecule is Cc1ccc(SCCc2ccsc2)c(N)c1. The van der Waals surface area contributed by atoms with E-state index in [0.29, 0.717) is 0 Å². The van der Waals surface area contributed by atoms with Gasteiger partial charge in [-0.05, 0) is 53.4 Å². The summed E-state index contributed by atoms with van der Waals surface area (Å²) in [5.74, 6) is 1.09. The van der Waals surface area contributed by atoms with Crippen molar-refractivity contribution in [2.75, 3.05) is 11.5 Å². The first-order valence-corrected chi connectivity index (χ1v) is 7.18. The molecular weight excluding hydrogens is 234 g/mol. The molecule has 1 aromatic heterocycles. The lowest BCUT2D eigenvalue weighted by Gasteiger charge is -2.05. The maximum Gasteiger partial charge on any atom is 0.0454 e. The third kappa shape index (κ3) is 3.03. The Morgan fingerprint density at radius 2 is 2.19 bits per heavy atom. The van der Waals surface area contributed by atoms with Gasteiger partial charge in [0.25, 0.3) is 0 Å². The van der Waals surface area contributed by atoms with E-state index in [1.165, 1.54) is 16.0 Å². The van der Waals surface area contributed by atoms with E-state index in [0.717, 1.165) is 17.9 Å². The van der Waals surface area contributed by atoms with Crippen LogP contribution in [0.5, 0.6) is 0 Å². The van der Waals surface area contributed by atoms with Crippen LogP contribution >= 0.6 is 23.1 Å². The number of rotatable bonds is 4. The quantitative estimate of drug-likeness (QED) is 0.655. The van der Waals surface area contributed by atoms with E-state index in [1.54, 1.807) is 11.3 Å². The molecule has 0 atom stereocenters. The van der Waals surface area contributed by atoms with Crippen molar-refractivity contribution in [2.24, 2.45) is 0 Å². The van der Waals surface area contributed by atoms with Crippen LogP contribution in [0.25, 0.3) is 0 Å². The van der Waals surface area contributed by atoms with Crippen LogP contribution in [-0.4, -0.2) is 5.75 Å². The number of thioether (sulfide) groups is 1. The predicted molar refractivity (Wildman–Crippen MR) is 74.3 cm³/mol. The maximum atomic E-state index is 5.96. The number of hydrogen-bond donors (Lipinski definition) is 1. The second-order valence-electron chi connectivity index (χ2n) is 3.77. The summed E-state index contributed by atoms with van der Waals surface area (Å²) in [4.78, 5) is 1.20. The fourth-order valence-corrected chi connectivity index (χ4v) is 3.16. The van der Waals surface area contributed by atoms with Crippen LogP contribution in [0.15, 0.2) is 39.9 Å². The Kier molecular flexibility index (Phi) is 3.91. The Morgan fingerprint density at radius 1 is 1.31 bits per heavy atom. The Hall–Kier alpha value is -0.930. The highest BCUT2D eigenvalue weighted by atomic mass is 32.2. The van der Waals surface area contributed by atoms with Gasteiger partial charge in [-0.15, -0.1) is 11.8 Å². The van der Waals surface area contributed by atoms with Gasteiger partial charge in [-0.3, -0.25) is 0 Å². The number of nitrogens with two attached hydrogens (primary N) is 1. The monoisotopic (exact) mass is 249 g/mol. The molecule has 0 spiro atoms. The Balaban J connectivity index is 1.90. The molecule has 0 amide bonds. The minimum absolute atomic E-state index is 0.898. The molecule has 2 N–H and O–H groups in total. The Bertz CT molecular complexity index is 449. The van der Waals surface area contributed by atoms with Crippen molar-refractivity contribution in [2.45, 2.75) is 18.2 Å². The molecule has 0 unspecified atom stereocenters. The average Bonchev–Trinajstić information content (AvgIpc) is 2.74. The molecule has 16 heavy (non-hydrogen) atoms. The lowest BCUT2D eigenvalue weighted by Crippen LogP contribution is -1.91. The lowest BCUT2D eigenvalue weighted by atomic mass is 10.2. The fourth-order valence-electron chi connectivity index (χ4n) is 1.51. The van der Waals surface area contributed by atoms with E-state index >= 15 is 0 Å². The number of hydrogen-bond acceptors (Lipinski definition) is 3. The molecule has 0 aliphatic carbocycles. The van der Waals surface area contributed by atoms with Crippen molar-refractivity contribution in [3.8, 4) is 0 Å². The largest absolute Gasteiger partial charge is 0.398 e. The molecule has 0 fully saturated rings. The molecule has 1 aromatic carbocycles. The van der Waals surface area contributed by atoms with Gasteiger partial charge in [-0.1, -0.05) is 6.07 Å². The van der Waals surface area contributed by atoms with Gasteiger partial charge in [-0.2, -0.15) is 11.3 Å². The van der Waals surface area contributed by atoms with Gasteiger partial charge in [0.1, 0.15) is 0 Å². The zero-order chi connectivity index (χ0) is 11.4. The summed E-state index contributed by atoms with van der Waals surface area (Å²) in [6.07, 6.45) is 1.11. The van der Waals surface area contributed by atoms with Gasteiger partial charge in [0, 0.05) is 16.3 Å². The summed E-state index contributed by atoms with van der Waals surface area (Å²) in [5, 5.41) is 4.33. The van der Waals surface area contributed by atoms with Gasteiger partial charge >= 0.3 is 0 Å². The maximum absolute atomic E-state index is 5.96. The Labute approximate surface area is 105 Å². The van der Waals surface area contributed by atoms with E-state index in [9.17, 15) is 0 Å². The summed E-state index contributed by atoms with van der Waals surface area (Å²) in [6, 6.07) is 8.45. The third-order valence-electron chi connectivity index (χ3n) is 2.39. The summed E-state index contributed by atoms with van der Waals surface area (Å²) >= 11 is 3.59. The molecule has 2 rings (SSSR count).